The Morgan fingerprint density at radius 1 is 1.40 bits per heavy atom. The van der Waals surface area contributed by atoms with Crippen molar-refractivity contribution < 1.29 is 21.6 Å². The second-order valence-corrected chi connectivity index (χ2v) is 3.84. The van der Waals surface area contributed by atoms with Crippen molar-refractivity contribution in [2.45, 2.75) is 6.18 Å². The maximum atomic E-state index is 12.3. The molecule has 84 valence electrons. The van der Waals surface area contributed by atoms with Crippen LogP contribution in [0.1, 0.15) is 5.56 Å². The van der Waals surface area contributed by atoms with Crippen LogP contribution in [0.5, 0.6) is 0 Å². The van der Waals surface area contributed by atoms with Crippen molar-refractivity contribution in [1.29, 1.82) is 0 Å². The average Bonchev–Trinajstić information content (AvgIpc) is 1.99. The fourth-order valence-electron chi connectivity index (χ4n) is 0.850. The number of nitrogens with zero attached hydrogens (tertiary/aromatic N) is 1. The van der Waals surface area contributed by atoms with E-state index in [2.05, 4.69) is 10.1 Å². The van der Waals surface area contributed by atoms with E-state index in [4.69, 9.17) is 0 Å². The largest absolute Gasteiger partial charge is 0.419 e. The van der Waals surface area contributed by atoms with Crippen molar-refractivity contribution >= 4 is 16.0 Å². The predicted octanol–water partition coefficient (Wildman–Crippen LogP) is 0.716. The van der Waals surface area contributed by atoms with E-state index >= 15 is 0 Å². The number of rotatable bonds is 2. The van der Waals surface area contributed by atoms with Gasteiger partial charge in [-0.1, -0.05) is 0 Å². The van der Waals surface area contributed by atoms with Gasteiger partial charge in [-0.3, -0.25) is 4.72 Å². The second kappa shape index (κ2) is 3.66. The monoisotopic (exact) mass is 241 g/mol. The molecule has 15 heavy (non-hydrogen) atoms. The van der Waals surface area contributed by atoms with E-state index in [0.29, 0.717) is 6.07 Å². The Morgan fingerprint density at radius 3 is 2.47 bits per heavy atom. The van der Waals surface area contributed by atoms with E-state index in [1.807, 2.05) is 0 Å². The van der Waals surface area contributed by atoms with Gasteiger partial charge >= 0.3 is 6.18 Å². The van der Waals surface area contributed by atoms with E-state index in [-0.39, 0.29) is 0 Å². The first-order valence-corrected chi connectivity index (χ1v) is 5.07. The topological polar surface area (TPSA) is 85.1 Å². The summed E-state index contributed by atoms with van der Waals surface area (Å²) in [5.41, 5.74) is -1.20. The number of alkyl halides is 3. The molecular weight excluding hydrogens is 235 g/mol. The Balaban J connectivity index is 3.19. The molecule has 3 N–H and O–H groups in total. The number of nitrogens with two attached hydrogens (primary N) is 1. The minimum absolute atomic E-state index is 0.695. The van der Waals surface area contributed by atoms with Gasteiger partial charge in [0.1, 0.15) is 0 Å². The minimum Gasteiger partial charge on any atom is -0.254 e. The van der Waals surface area contributed by atoms with Gasteiger partial charge in [0.2, 0.25) is 0 Å². The smallest absolute Gasteiger partial charge is 0.254 e. The van der Waals surface area contributed by atoms with E-state index in [0.717, 1.165) is 12.3 Å². The summed E-state index contributed by atoms with van der Waals surface area (Å²) in [7, 11) is -4.27. The summed E-state index contributed by atoms with van der Waals surface area (Å²) in [5.74, 6) is -0.840. The summed E-state index contributed by atoms with van der Waals surface area (Å²) >= 11 is 0. The fourth-order valence-corrected chi connectivity index (χ4v) is 1.28. The molecule has 0 radical (unpaired) electrons. The molecule has 1 aromatic heterocycles. The van der Waals surface area contributed by atoms with Crippen LogP contribution in [0.15, 0.2) is 18.3 Å². The van der Waals surface area contributed by atoms with Crippen molar-refractivity contribution in [3.05, 3.63) is 23.9 Å². The van der Waals surface area contributed by atoms with Crippen LogP contribution in [0, 0.1) is 0 Å². The number of hydrogen-bond donors (Lipinski definition) is 2. The molecule has 0 aromatic carbocycles. The summed E-state index contributed by atoms with van der Waals surface area (Å²) in [5, 5.41) is 4.53. The zero-order valence-corrected chi connectivity index (χ0v) is 7.93. The number of nitrogens with one attached hydrogen (secondary N) is 1. The molecule has 5 nitrogen and oxygen atoms in total. The third kappa shape index (κ3) is 3.36. The lowest BCUT2D eigenvalue weighted by Crippen LogP contribution is -2.24. The summed E-state index contributed by atoms with van der Waals surface area (Å²) in [6.07, 6.45) is -3.68. The van der Waals surface area contributed by atoms with Crippen molar-refractivity contribution in [1.82, 2.24) is 4.98 Å². The van der Waals surface area contributed by atoms with Crippen molar-refractivity contribution in [2.75, 3.05) is 4.72 Å². The molecule has 0 spiro atoms. The first kappa shape index (κ1) is 11.7. The molecule has 0 bridgehead atoms. The van der Waals surface area contributed by atoms with Crippen LogP contribution < -0.4 is 9.86 Å². The number of hydrogen-bond acceptors (Lipinski definition) is 3. The number of anilines is 1. The Hall–Kier alpha value is -1.35. The van der Waals surface area contributed by atoms with Crippen LogP contribution in [0.3, 0.4) is 0 Å². The van der Waals surface area contributed by atoms with Gasteiger partial charge in [-0.05, 0) is 12.1 Å². The second-order valence-electron chi connectivity index (χ2n) is 2.54. The van der Waals surface area contributed by atoms with Crippen LogP contribution in [-0.2, 0) is 16.4 Å². The molecule has 0 saturated carbocycles. The number of pyridine rings is 1. The van der Waals surface area contributed by atoms with Crippen LogP contribution in [0.4, 0.5) is 19.0 Å². The van der Waals surface area contributed by atoms with Gasteiger partial charge < -0.3 is 0 Å². The Kier molecular flexibility index (Phi) is 2.86. The molecule has 0 fully saturated rings. The van der Waals surface area contributed by atoms with Gasteiger partial charge in [-0.15, -0.1) is 0 Å². The van der Waals surface area contributed by atoms with Gasteiger partial charge in [0, 0.05) is 6.20 Å². The Morgan fingerprint density at radius 2 is 2.00 bits per heavy atom. The molecule has 1 rings (SSSR count). The molecule has 0 aliphatic heterocycles. The standard InChI is InChI=1S/C6H6F3N3O2S/c7-6(8,9)4-2-1-3-11-5(4)12-15(10,13)14/h1-3H,(H,11,12)(H2,10,13,14). The SMILES string of the molecule is NS(=O)(=O)Nc1ncccc1C(F)(F)F. The van der Waals surface area contributed by atoms with E-state index < -0.39 is 27.8 Å². The summed E-state index contributed by atoms with van der Waals surface area (Å²) in [4.78, 5) is 3.24. The molecule has 9 heteroatoms. The molecule has 0 unspecified atom stereocenters. The zero-order valence-electron chi connectivity index (χ0n) is 7.12. The summed E-state index contributed by atoms with van der Waals surface area (Å²) in [6.45, 7) is 0. The third-order valence-electron chi connectivity index (χ3n) is 1.35. The molecule has 0 saturated heterocycles. The number of aromatic nitrogens is 1. The summed E-state index contributed by atoms with van der Waals surface area (Å²) in [6, 6.07) is 1.73. The number of halogens is 3. The van der Waals surface area contributed by atoms with Gasteiger partial charge in [-0.25, -0.2) is 10.1 Å². The van der Waals surface area contributed by atoms with Crippen LogP contribution in [0.2, 0.25) is 0 Å². The molecular formula is C6H6F3N3O2S. The lowest BCUT2D eigenvalue weighted by atomic mass is 10.2. The Bertz CT molecular complexity index is 457. The predicted molar refractivity (Wildman–Crippen MR) is 46.0 cm³/mol. The quantitative estimate of drug-likeness (QED) is 0.799. The molecule has 1 heterocycles. The van der Waals surface area contributed by atoms with Crippen LogP contribution >= 0.6 is 0 Å². The van der Waals surface area contributed by atoms with Gasteiger partial charge in [-0.2, -0.15) is 21.6 Å². The molecule has 0 aliphatic rings. The lowest BCUT2D eigenvalue weighted by molar-refractivity contribution is -0.137. The van der Waals surface area contributed by atoms with E-state index in [1.54, 1.807) is 0 Å². The van der Waals surface area contributed by atoms with Gasteiger partial charge in [0.15, 0.2) is 5.82 Å². The Labute approximate surface area is 83.3 Å². The fraction of sp³-hybridized carbons (Fsp3) is 0.167. The van der Waals surface area contributed by atoms with Crippen LogP contribution in [-0.4, -0.2) is 13.4 Å². The third-order valence-corrected chi connectivity index (χ3v) is 1.83. The first-order chi connectivity index (χ1) is 6.70. The normalized spacial score (nSPS) is 12.5. The summed E-state index contributed by atoms with van der Waals surface area (Å²) < 4.78 is 59.5. The minimum atomic E-state index is -4.69. The van der Waals surface area contributed by atoms with Gasteiger partial charge in [0.05, 0.1) is 5.56 Å². The van der Waals surface area contributed by atoms with Crippen molar-refractivity contribution in [3.63, 3.8) is 0 Å². The van der Waals surface area contributed by atoms with E-state index in [9.17, 15) is 21.6 Å². The molecule has 0 amide bonds. The van der Waals surface area contributed by atoms with Crippen molar-refractivity contribution in [3.8, 4) is 0 Å². The highest BCUT2D eigenvalue weighted by atomic mass is 32.2. The molecule has 0 atom stereocenters. The zero-order chi connectivity index (χ0) is 11.7. The maximum absolute atomic E-state index is 12.3. The molecule has 1 aromatic rings. The van der Waals surface area contributed by atoms with Crippen molar-refractivity contribution in [2.24, 2.45) is 5.14 Å². The highest BCUT2D eigenvalue weighted by Gasteiger charge is 2.34. The molecule has 0 aliphatic carbocycles. The van der Waals surface area contributed by atoms with E-state index in [1.165, 1.54) is 4.72 Å². The average molecular weight is 241 g/mol. The lowest BCUT2D eigenvalue weighted by Gasteiger charge is -2.11. The highest BCUT2D eigenvalue weighted by molar-refractivity contribution is 7.90. The van der Waals surface area contributed by atoms with Gasteiger partial charge in [0.25, 0.3) is 10.2 Å². The van der Waals surface area contributed by atoms with Crippen LogP contribution in [0.25, 0.3) is 0 Å². The highest BCUT2D eigenvalue weighted by Crippen LogP contribution is 2.33. The first-order valence-electron chi connectivity index (χ1n) is 3.53. The maximum Gasteiger partial charge on any atom is 0.419 e.